The van der Waals surface area contributed by atoms with E-state index in [2.05, 4.69) is 0 Å². The largest absolute Gasteiger partial charge is 0.265 e. The summed E-state index contributed by atoms with van der Waals surface area (Å²) >= 11 is 0. The molecule has 1 aliphatic carbocycles. The van der Waals surface area contributed by atoms with Crippen LogP contribution in [-0.4, -0.2) is 19.7 Å². The van der Waals surface area contributed by atoms with Gasteiger partial charge in [-0.25, -0.2) is 8.42 Å². The molecule has 1 heterocycles. The van der Waals surface area contributed by atoms with Gasteiger partial charge in [0, 0.05) is 0 Å². The molecule has 0 N–H and O–H groups in total. The number of nitrogens with zero attached hydrogens (tertiary/aromatic N) is 1. The molecule has 0 radical (unpaired) electrons. The van der Waals surface area contributed by atoms with Crippen LogP contribution in [0.2, 0.25) is 0 Å². The van der Waals surface area contributed by atoms with Crippen LogP contribution in [0.25, 0.3) is 11.6 Å². The summed E-state index contributed by atoms with van der Waals surface area (Å²) in [4.78, 5) is 0. The van der Waals surface area contributed by atoms with E-state index in [1.807, 2.05) is 92.8 Å². The Hall–Kier alpha value is -2.59. The molecule has 1 atom stereocenters. The molecule has 2 aliphatic rings. The molecule has 3 nitrogen and oxygen atoms in total. The molecule has 0 saturated heterocycles. The van der Waals surface area contributed by atoms with Gasteiger partial charge in [-0.15, -0.1) is 0 Å². The fourth-order valence-electron chi connectivity index (χ4n) is 3.76. The third-order valence-corrected chi connectivity index (χ3v) is 7.72. The molecule has 0 saturated carbocycles. The lowest BCUT2D eigenvalue weighted by molar-refractivity contribution is 0.560. The van der Waals surface area contributed by atoms with Crippen molar-refractivity contribution in [1.29, 1.82) is 0 Å². The molecule has 1 aliphatic heterocycles. The van der Waals surface area contributed by atoms with E-state index >= 15 is 0 Å². The average Bonchev–Trinajstić information content (AvgIpc) is 2.68. The SMILES string of the molecule is Cc1ccc2c(c1)N(S(=O)(=O)C1(C)C=CC=C(c3ccccc3)C1)CC=C2. The minimum Gasteiger partial charge on any atom is -0.265 e. The van der Waals surface area contributed by atoms with Gasteiger partial charge in [-0.2, -0.15) is 0 Å². The highest BCUT2D eigenvalue weighted by Gasteiger charge is 2.43. The molecule has 0 aromatic heterocycles. The topological polar surface area (TPSA) is 37.4 Å². The number of fused-ring (bicyclic) bond motifs is 1. The molecule has 4 rings (SSSR count). The first-order valence-electron chi connectivity index (χ1n) is 9.14. The molecule has 27 heavy (non-hydrogen) atoms. The Morgan fingerprint density at radius 2 is 1.85 bits per heavy atom. The van der Waals surface area contributed by atoms with Crippen molar-refractivity contribution in [3.8, 4) is 0 Å². The zero-order chi connectivity index (χ0) is 19.1. The summed E-state index contributed by atoms with van der Waals surface area (Å²) in [6.07, 6.45) is 10.1. The molecule has 138 valence electrons. The van der Waals surface area contributed by atoms with E-state index < -0.39 is 14.8 Å². The number of aryl methyl sites for hydroxylation is 1. The smallest absolute Gasteiger partial charge is 0.244 e. The van der Waals surface area contributed by atoms with Gasteiger partial charge in [-0.1, -0.05) is 72.8 Å². The molecule has 0 bridgehead atoms. The second kappa shape index (κ2) is 6.54. The lowest BCUT2D eigenvalue weighted by Gasteiger charge is -2.37. The lowest BCUT2D eigenvalue weighted by atomic mass is 9.90. The summed E-state index contributed by atoms with van der Waals surface area (Å²) in [7, 11) is -3.60. The van der Waals surface area contributed by atoms with Crippen LogP contribution in [0, 0.1) is 6.92 Å². The normalized spacial score (nSPS) is 21.7. The van der Waals surface area contributed by atoms with E-state index in [1.54, 1.807) is 4.31 Å². The number of rotatable bonds is 3. The quantitative estimate of drug-likeness (QED) is 0.758. The van der Waals surface area contributed by atoms with Crippen LogP contribution >= 0.6 is 0 Å². The van der Waals surface area contributed by atoms with Gasteiger partial charge in [0.15, 0.2) is 0 Å². The standard InChI is InChI=1S/C23H23NO2S/c1-18-12-13-20-11-7-15-24(22(20)16-18)27(25,26)23(2)14-6-10-21(17-23)19-8-4-3-5-9-19/h3-14,16H,15,17H2,1-2H3. The predicted octanol–water partition coefficient (Wildman–Crippen LogP) is 4.96. The van der Waals surface area contributed by atoms with Gasteiger partial charge in [-0.3, -0.25) is 4.31 Å². The van der Waals surface area contributed by atoms with Gasteiger partial charge >= 0.3 is 0 Å². The number of anilines is 1. The van der Waals surface area contributed by atoms with E-state index in [0.29, 0.717) is 13.0 Å². The first kappa shape index (κ1) is 17.8. The van der Waals surface area contributed by atoms with Gasteiger partial charge in [-0.05, 0) is 48.6 Å². The van der Waals surface area contributed by atoms with Crippen LogP contribution < -0.4 is 4.31 Å². The number of benzene rings is 2. The van der Waals surface area contributed by atoms with Crippen LogP contribution in [0.15, 0.2) is 72.8 Å². The first-order chi connectivity index (χ1) is 12.9. The van der Waals surface area contributed by atoms with Crippen LogP contribution in [0.1, 0.15) is 30.0 Å². The van der Waals surface area contributed by atoms with Crippen molar-refractivity contribution >= 4 is 27.4 Å². The minimum atomic E-state index is -3.60. The van der Waals surface area contributed by atoms with Gasteiger partial charge in [0.1, 0.15) is 4.75 Å². The van der Waals surface area contributed by atoms with Crippen LogP contribution in [-0.2, 0) is 10.0 Å². The van der Waals surface area contributed by atoms with Gasteiger partial charge < -0.3 is 0 Å². The second-order valence-corrected chi connectivity index (χ2v) is 9.73. The molecular weight excluding hydrogens is 354 g/mol. The van der Waals surface area contributed by atoms with Gasteiger partial charge in [0.05, 0.1) is 12.2 Å². The monoisotopic (exact) mass is 377 g/mol. The fraction of sp³-hybridized carbons (Fsp3) is 0.217. The molecule has 4 heteroatoms. The molecule has 1 unspecified atom stereocenters. The molecule has 2 aromatic carbocycles. The highest BCUT2D eigenvalue weighted by molar-refractivity contribution is 7.94. The molecule has 0 spiro atoms. The van der Waals surface area contributed by atoms with Gasteiger partial charge in [0.2, 0.25) is 10.0 Å². The van der Waals surface area contributed by atoms with E-state index in [4.69, 9.17) is 0 Å². The van der Waals surface area contributed by atoms with Crippen molar-refractivity contribution in [3.05, 3.63) is 89.5 Å². The van der Waals surface area contributed by atoms with E-state index in [0.717, 1.165) is 28.0 Å². The summed E-state index contributed by atoms with van der Waals surface area (Å²) in [5, 5.41) is 0. The third-order valence-electron chi connectivity index (χ3n) is 5.33. The van der Waals surface area contributed by atoms with E-state index in [1.165, 1.54) is 0 Å². The Morgan fingerprint density at radius 3 is 2.63 bits per heavy atom. The van der Waals surface area contributed by atoms with Crippen LogP contribution in [0.4, 0.5) is 5.69 Å². The maximum Gasteiger partial charge on any atom is 0.244 e. The van der Waals surface area contributed by atoms with E-state index in [-0.39, 0.29) is 0 Å². The highest BCUT2D eigenvalue weighted by atomic mass is 32.2. The maximum absolute atomic E-state index is 13.7. The average molecular weight is 378 g/mol. The zero-order valence-electron chi connectivity index (χ0n) is 15.6. The van der Waals surface area contributed by atoms with Crippen molar-refractivity contribution < 1.29 is 8.42 Å². The van der Waals surface area contributed by atoms with Crippen molar-refractivity contribution in [2.24, 2.45) is 0 Å². The number of sulfonamides is 1. The molecular formula is C23H23NO2S. The minimum absolute atomic E-state index is 0.368. The maximum atomic E-state index is 13.7. The van der Waals surface area contributed by atoms with Crippen molar-refractivity contribution in [2.45, 2.75) is 25.0 Å². The summed E-state index contributed by atoms with van der Waals surface area (Å²) < 4.78 is 28.0. The molecule has 2 aromatic rings. The van der Waals surface area contributed by atoms with Crippen molar-refractivity contribution in [3.63, 3.8) is 0 Å². The highest BCUT2D eigenvalue weighted by Crippen LogP contribution is 2.40. The van der Waals surface area contributed by atoms with Crippen molar-refractivity contribution in [2.75, 3.05) is 10.8 Å². The molecule has 0 fully saturated rings. The van der Waals surface area contributed by atoms with Crippen molar-refractivity contribution in [1.82, 2.24) is 0 Å². The Morgan fingerprint density at radius 1 is 1.07 bits per heavy atom. The summed E-state index contributed by atoms with van der Waals surface area (Å²) in [6.45, 7) is 4.18. The Balaban J connectivity index is 1.73. The number of hydrogen-bond donors (Lipinski definition) is 0. The predicted molar refractivity (Wildman–Crippen MR) is 113 cm³/mol. The second-order valence-electron chi connectivity index (χ2n) is 7.41. The number of hydrogen-bond acceptors (Lipinski definition) is 2. The third kappa shape index (κ3) is 3.04. The Bertz CT molecular complexity index is 1060. The fourth-order valence-corrected chi connectivity index (χ4v) is 5.55. The summed E-state index contributed by atoms with van der Waals surface area (Å²) in [6, 6.07) is 15.9. The Kier molecular flexibility index (Phi) is 4.31. The van der Waals surface area contributed by atoms with E-state index in [9.17, 15) is 8.42 Å². The van der Waals surface area contributed by atoms with Crippen LogP contribution in [0.3, 0.4) is 0 Å². The van der Waals surface area contributed by atoms with Gasteiger partial charge in [0.25, 0.3) is 0 Å². The first-order valence-corrected chi connectivity index (χ1v) is 10.6. The lowest BCUT2D eigenvalue weighted by Crippen LogP contribution is -2.47. The Labute approximate surface area is 161 Å². The zero-order valence-corrected chi connectivity index (χ0v) is 16.4. The van der Waals surface area contributed by atoms with Crippen LogP contribution in [0.5, 0.6) is 0 Å². The number of allylic oxidation sites excluding steroid dienone is 3. The molecule has 0 amide bonds. The summed E-state index contributed by atoms with van der Waals surface area (Å²) in [5.41, 5.74) is 4.87. The summed E-state index contributed by atoms with van der Waals surface area (Å²) in [5.74, 6) is 0.